The fraction of sp³-hybridized carbons (Fsp3) is 0.370. The molecule has 0 saturated carbocycles. The molecular weight excluding hydrogens is 534 g/mol. The summed E-state index contributed by atoms with van der Waals surface area (Å²) in [6, 6.07) is 4.33. The molecule has 0 bridgehead atoms. The number of ether oxygens (including phenoxy) is 2. The van der Waals surface area contributed by atoms with E-state index in [0.29, 0.717) is 47.5 Å². The summed E-state index contributed by atoms with van der Waals surface area (Å²) in [6.45, 7) is 8.41. The topological polar surface area (TPSA) is 173 Å². The van der Waals surface area contributed by atoms with E-state index in [2.05, 4.69) is 26.0 Å². The van der Waals surface area contributed by atoms with Gasteiger partial charge >= 0.3 is 12.1 Å². The lowest BCUT2D eigenvalue weighted by molar-refractivity contribution is -0.154. The van der Waals surface area contributed by atoms with E-state index in [1.54, 1.807) is 26.0 Å². The lowest BCUT2D eigenvalue weighted by atomic mass is 10.1. The lowest BCUT2D eigenvalue weighted by Crippen LogP contribution is -2.39. The van der Waals surface area contributed by atoms with Crippen LogP contribution in [0.2, 0.25) is 0 Å². The molecule has 0 aliphatic rings. The van der Waals surface area contributed by atoms with Gasteiger partial charge in [-0.2, -0.15) is 5.10 Å². The third-order valence-electron chi connectivity index (χ3n) is 6.12. The van der Waals surface area contributed by atoms with Crippen molar-refractivity contribution >= 4 is 47.3 Å². The van der Waals surface area contributed by atoms with Crippen LogP contribution in [-0.4, -0.2) is 75.7 Å². The lowest BCUT2D eigenvalue weighted by Gasteiger charge is -2.20. The van der Waals surface area contributed by atoms with Gasteiger partial charge in [-0.15, -0.1) is 0 Å². The predicted octanol–water partition coefficient (Wildman–Crippen LogP) is 2.46. The second kappa shape index (κ2) is 13.9. The van der Waals surface area contributed by atoms with Gasteiger partial charge in [0, 0.05) is 30.5 Å². The molecule has 1 atom stereocenters. The van der Waals surface area contributed by atoms with Gasteiger partial charge in [0.2, 0.25) is 13.2 Å². The molecule has 0 spiro atoms. The molecule has 2 heterocycles. The Balaban J connectivity index is 1.85. The van der Waals surface area contributed by atoms with Gasteiger partial charge in [0.15, 0.2) is 5.82 Å². The molecule has 3 aromatic rings. The number of amides is 4. The average molecular weight is 568 g/mol. The Morgan fingerprint density at radius 1 is 1.15 bits per heavy atom. The third-order valence-corrected chi connectivity index (χ3v) is 6.12. The third kappa shape index (κ3) is 7.15. The maximum atomic E-state index is 13.5. The number of nitrogens with one attached hydrogen (secondary N) is 3. The van der Waals surface area contributed by atoms with Crippen molar-refractivity contribution in [1.29, 1.82) is 0 Å². The number of anilines is 2. The number of aryl methyl sites for hydroxylation is 2. The normalized spacial score (nSPS) is 11.3. The molecule has 0 saturated heterocycles. The van der Waals surface area contributed by atoms with E-state index in [9.17, 15) is 24.0 Å². The van der Waals surface area contributed by atoms with Crippen molar-refractivity contribution in [3.63, 3.8) is 0 Å². The molecule has 3 N–H and O–H groups in total. The van der Waals surface area contributed by atoms with E-state index in [-0.39, 0.29) is 18.0 Å². The molecule has 14 nitrogen and oxygen atoms in total. The van der Waals surface area contributed by atoms with Gasteiger partial charge in [0.1, 0.15) is 17.9 Å². The van der Waals surface area contributed by atoms with E-state index < -0.39 is 30.8 Å². The van der Waals surface area contributed by atoms with Gasteiger partial charge in [-0.3, -0.25) is 14.4 Å². The van der Waals surface area contributed by atoms with Crippen molar-refractivity contribution in [2.45, 2.75) is 47.1 Å². The molecule has 4 amide bonds. The van der Waals surface area contributed by atoms with Crippen molar-refractivity contribution in [3.8, 4) is 0 Å². The largest absolute Gasteiger partial charge is 0.426 e. The van der Waals surface area contributed by atoms with Crippen LogP contribution < -0.4 is 16.0 Å². The minimum atomic E-state index is -1.00. The summed E-state index contributed by atoms with van der Waals surface area (Å²) in [5.41, 5.74) is 3.17. The number of carbonyl (C=O) groups is 5. The molecule has 0 fully saturated rings. The Morgan fingerprint density at radius 3 is 2.59 bits per heavy atom. The average Bonchev–Trinajstić information content (AvgIpc) is 3.29. The van der Waals surface area contributed by atoms with E-state index in [1.807, 2.05) is 19.9 Å². The summed E-state index contributed by atoms with van der Waals surface area (Å²) in [7, 11) is 0. The number of fused-ring (bicyclic) bond motifs is 1. The summed E-state index contributed by atoms with van der Waals surface area (Å²) >= 11 is 0. The second-order valence-corrected chi connectivity index (χ2v) is 9.04. The van der Waals surface area contributed by atoms with Gasteiger partial charge < -0.3 is 25.4 Å². The fourth-order valence-corrected chi connectivity index (χ4v) is 3.91. The highest BCUT2D eigenvalue weighted by Crippen LogP contribution is 2.28. The van der Waals surface area contributed by atoms with Gasteiger partial charge in [0.05, 0.1) is 5.56 Å². The number of imide groups is 1. The standard InChI is InChI=1S/C27H33N7O7/c1-6-10-33(27(39)41-15-40-26(38)18(5)30-14-35)25(37)20-12-34-22(17(20)4)23(29-13-31-34)32-21-11-19(9-8-16(21)3)24(36)28-7-2/h8-9,11-14,18H,6-7,10,15H2,1-5H3,(H,28,36)(H,30,35)(H,29,31,32). The van der Waals surface area contributed by atoms with Gasteiger partial charge in [0.25, 0.3) is 11.8 Å². The van der Waals surface area contributed by atoms with Gasteiger partial charge in [-0.1, -0.05) is 13.0 Å². The van der Waals surface area contributed by atoms with Crippen molar-refractivity contribution < 1.29 is 33.4 Å². The Bertz CT molecular complexity index is 1450. The minimum Gasteiger partial charge on any atom is -0.426 e. The Labute approximate surface area is 236 Å². The van der Waals surface area contributed by atoms with E-state index >= 15 is 0 Å². The molecule has 14 heteroatoms. The van der Waals surface area contributed by atoms with E-state index in [0.717, 1.165) is 10.5 Å². The van der Waals surface area contributed by atoms with Crippen molar-refractivity contribution in [1.82, 2.24) is 30.1 Å². The molecule has 2 aromatic heterocycles. The summed E-state index contributed by atoms with van der Waals surface area (Å²) in [6.07, 6.45) is 2.59. The minimum absolute atomic E-state index is 0.0446. The zero-order valence-corrected chi connectivity index (χ0v) is 23.5. The number of esters is 1. The van der Waals surface area contributed by atoms with Crippen LogP contribution in [0.5, 0.6) is 0 Å². The van der Waals surface area contributed by atoms with Crippen LogP contribution in [0.4, 0.5) is 16.3 Å². The number of aromatic nitrogens is 3. The van der Waals surface area contributed by atoms with Crippen LogP contribution in [0, 0.1) is 13.8 Å². The molecule has 0 radical (unpaired) electrons. The van der Waals surface area contributed by atoms with Crippen LogP contribution in [-0.2, 0) is 19.1 Å². The van der Waals surface area contributed by atoms with Crippen LogP contribution in [0.25, 0.3) is 5.52 Å². The number of carbonyl (C=O) groups excluding carboxylic acids is 5. The summed E-state index contributed by atoms with van der Waals surface area (Å²) in [5.74, 6) is -1.26. The second-order valence-electron chi connectivity index (χ2n) is 9.04. The number of hydrogen-bond donors (Lipinski definition) is 3. The molecule has 1 aromatic carbocycles. The first-order chi connectivity index (χ1) is 19.6. The Hall–Kier alpha value is -5.01. The van der Waals surface area contributed by atoms with Crippen LogP contribution >= 0.6 is 0 Å². The summed E-state index contributed by atoms with van der Waals surface area (Å²) in [4.78, 5) is 66.2. The SMILES string of the molecule is CCCN(C(=O)OCOC(=O)C(C)NC=O)C(=O)c1cn2ncnc(Nc3cc(C(=O)NCC)ccc3C)c2c1C. The number of benzene rings is 1. The number of rotatable bonds is 12. The monoisotopic (exact) mass is 567 g/mol. The van der Waals surface area contributed by atoms with Crippen LogP contribution in [0.15, 0.2) is 30.7 Å². The first-order valence-corrected chi connectivity index (χ1v) is 13.0. The number of hydrogen-bond acceptors (Lipinski definition) is 10. The smallest absolute Gasteiger partial charge is 0.419 e. The summed E-state index contributed by atoms with van der Waals surface area (Å²) < 4.78 is 11.3. The molecule has 3 rings (SSSR count). The molecule has 41 heavy (non-hydrogen) atoms. The first kappa shape index (κ1) is 30.5. The predicted molar refractivity (Wildman–Crippen MR) is 148 cm³/mol. The van der Waals surface area contributed by atoms with Crippen molar-refractivity contribution in [2.24, 2.45) is 0 Å². The Kier molecular flexibility index (Phi) is 10.3. The maximum absolute atomic E-state index is 13.5. The van der Waals surface area contributed by atoms with Crippen LogP contribution in [0.3, 0.4) is 0 Å². The van der Waals surface area contributed by atoms with Gasteiger partial charge in [-0.25, -0.2) is 24.0 Å². The molecular formula is C27H33N7O7. The zero-order valence-electron chi connectivity index (χ0n) is 23.5. The summed E-state index contributed by atoms with van der Waals surface area (Å²) in [5, 5.41) is 12.4. The quantitative estimate of drug-likeness (QED) is 0.168. The highest BCUT2D eigenvalue weighted by atomic mass is 16.7. The molecule has 1 unspecified atom stereocenters. The van der Waals surface area contributed by atoms with Crippen molar-refractivity contribution in [2.75, 3.05) is 25.2 Å². The van der Waals surface area contributed by atoms with E-state index in [1.165, 1.54) is 24.0 Å². The zero-order chi connectivity index (χ0) is 30.1. The number of nitrogens with zero attached hydrogens (tertiary/aromatic N) is 4. The highest BCUT2D eigenvalue weighted by molar-refractivity contribution is 6.05. The highest BCUT2D eigenvalue weighted by Gasteiger charge is 2.28. The Morgan fingerprint density at radius 2 is 1.90 bits per heavy atom. The first-order valence-electron chi connectivity index (χ1n) is 13.0. The van der Waals surface area contributed by atoms with Crippen LogP contribution in [0.1, 0.15) is 59.0 Å². The fourth-order valence-electron chi connectivity index (χ4n) is 3.91. The maximum Gasteiger partial charge on any atom is 0.419 e. The van der Waals surface area contributed by atoms with Gasteiger partial charge in [-0.05, 0) is 57.4 Å². The molecule has 0 aliphatic carbocycles. The van der Waals surface area contributed by atoms with Crippen molar-refractivity contribution in [3.05, 3.63) is 53.0 Å². The molecule has 218 valence electrons. The van der Waals surface area contributed by atoms with E-state index in [4.69, 9.17) is 9.47 Å². The molecule has 0 aliphatic heterocycles.